The van der Waals surface area contributed by atoms with Crippen LogP contribution in [0.25, 0.3) is 0 Å². The van der Waals surface area contributed by atoms with E-state index in [1.54, 1.807) is 24.3 Å². The molecule has 0 aliphatic rings. The molecule has 0 bridgehead atoms. The molecule has 3 aromatic rings. The molecule has 1 N–H and O–H groups in total. The second-order valence-corrected chi connectivity index (χ2v) is 7.29. The molecule has 0 radical (unpaired) electrons. The quantitative estimate of drug-likeness (QED) is 0.440. The minimum Gasteiger partial charge on any atom is -0.488 e. The summed E-state index contributed by atoms with van der Waals surface area (Å²) in [5, 5.41) is 5.81. The molecular formula is C20H15Cl4NO. The molecule has 0 fully saturated rings. The van der Waals surface area contributed by atoms with Crippen LogP contribution in [0.2, 0.25) is 20.1 Å². The van der Waals surface area contributed by atoms with Crippen LogP contribution in [0.5, 0.6) is 5.75 Å². The first-order valence-electron chi connectivity index (χ1n) is 7.86. The third-order valence-electron chi connectivity index (χ3n) is 3.78. The Hall–Kier alpha value is -1.58. The average Bonchev–Trinajstić information content (AvgIpc) is 2.62. The summed E-state index contributed by atoms with van der Waals surface area (Å²) in [6, 6.07) is 18.4. The molecule has 0 aliphatic carbocycles. The van der Waals surface area contributed by atoms with Crippen molar-refractivity contribution < 1.29 is 4.74 Å². The summed E-state index contributed by atoms with van der Waals surface area (Å²) >= 11 is 24.5. The number of anilines is 1. The van der Waals surface area contributed by atoms with E-state index in [4.69, 9.17) is 51.1 Å². The maximum atomic E-state index is 6.21. The minimum absolute atomic E-state index is 0.272. The van der Waals surface area contributed by atoms with Gasteiger partial charge in [0.25, 0.3) is 0 Å². The number of hydrogen-bond acceptors (Lipinski definition) is 2. The van der Waals surface area contributed by atoms with E-state index in [9.17, 15) is 0 Å². The molecule has 0 spiro atoms. The Labute approximate surface area is 172 Å². The molecule has 3 aromatic carbocycles. The molecule has 0 saturated heterocycles. The fourth-order valence-corrected chi connectivity index (χ4v) is 3.24. The Morgan fingerprint density at radius 2 is 1.42 bits per heavy atom. The number of rotatable bonds is 6. The molecule has 0 heterocycles. The lowest BCUT2D eigenvalue weighted by molar-refractivity contribution is 0.303. The Morgan fingerprint density at radius 3 is 2.12 bits per heavy atom. The Kier molecular flexibility index (Phi) is 6.55. The van der Waals surface area contributed by atoms with E-state index in [0.717, 1.165) is 16.8 Å². The first-order chi connectivity index (χ1) is 12.5. The summed E-state index contributed by atoms with van der Waals surface area (Å²) in [5.74, 6) is 0.715. The van der Waals surface area contributed by atoms with Gasteiger partial charge in [0.2, 0.25) is 0 Å². The van der Waals surface area contributed by atoms with Gasteiger partial charge < -0.3 is 10.1 Å². The fraction of sp³-hybridized carbons (Fsp3) is 0.100. The third-order valence-corrected chi connectivity index (χ3v) is 4.98. The van der Waals surface area contributed by atoms with Gasteiger partial charge in [0.15, 0.2) is 0 Å². The standard InChI is InChI=1S/C20H15Cl4NO/c21-14-4-7-16(8-5-14)25-11-13-10-15(22)6-9-20(13)26-12-17-18(23)2-1-3-19(17)24/h1-10,25H,11-12H2. The van der Waals surface area contributed by atoms with E-state index < -0.39 is 0 Å². The van der Waals surface area contributed by atoms with Gasteiger partial charge in [0.05, 0.1) is 0 Å². The zero-order valence-electron chi connectivity index (χ0n) is 13.6. The Morgan fingerprint density at radius 1 is 0.769 bits per heavy atom. The predicted octanol–water partition coefficient (Wildman–Crippen LogP) is 7.49. The van der Waals surface area contributed by atoms with Crippen molar-refractivity contribution in [3.8, 4) is 5.75 Å². The summed E-state index contributed by atoms with van der Waals surface area (Å²) in [6.07, 6.45) is 0. The summed E-state index contributed by atoms with van der Waals surface area (Å²) in [7, 11) is 0. The molecule has 134 valence electrons. The van der Waals surface area contributed by atoms with Crippen molar-refractivity contribution in [3.05, 3.63) is 91.9 Å². The van der Waals surface area contributed by atoms with Gasteiger partial charge in [-0.05, 0) is 54.6 Å². The highest BCUT2D eigenvalue weighted by Gasteiger charge is 2.10. The van der Waals surface area contributed by atoms with Crippen molar-refractivity contribution in [3.63, 3.8) is 0 Å². The van der Waals surface area contributed by atoms with E-state index in [1.807, 2.05) is 36.4 Å². The first-order valence-corrected chi connectivity index (χ1v) is 9.37. The first kappa shape index (κ1) is 19.2. The van der Waals surface area contributed by atoms with Crippen LogP contribution in [0, 0.1) is 0 Å². The van der Waals surface area contributed by atoms with E-state index in [-0.39, 0.29) is 6.61 Å². The minimum atomic E-state index is 0.272. The van der Waals surface area contributed by atoms with Crippen LogP contribution < -0.4 is 10.1 Å². The zero-order valence-corrected chi connectivity index (χ0v) is 16.6. The SMILES string of the molecule is Clc1ccc(NCc2cc(Cl)ccc2OCc2c(Cl)cccc2Cl)cc1. The lowest BCUT2D eigenvalue weighted by Crippen LogP contribution is -2.04. The Balaban J connectivity index is 1.74. The van der Waals surface area contributed by atoms with Gasteiger partial charge in [0, 0.05) is 43.4 Å². The van der Waals surface area contributed by atoms with E-state index >= 15 is 0 Å². The van der Waals surface area contributed by atoms with E-state index in [1.165, 1.54) is 0 Å². The highest BCUT2D eigenvalue weighted by Crippen LogP contribution is 2.29. The molecule has 0 aromatic heterocycles. The van der Waals surface area contributed by atoms with Gasteiger partial charge in [-0.2, -0.15) is 0 Å². The summed E-state index contributed by atoms with van der Waals surface area (Å²) in [4.78, 5) is 0. The van der Waals surface area contributed by atoms with Crippen LogP contribution >= 0.6 is 46.4 Å². The fourth-order valence-electron chi connectivity index (χ4n) is 2.41. The second-order valence-electron chi connectivity index (χ2n) is 5.60. The number of ether oxygens (including phenoxy) is 1. The summed E-state index contributed by atoms with van der Waals surface area (Å²) < 4.78 is 5.96. The van der Waals surface area contributed by atoms with Gasteiger partial charge in [-0.15, -0.1) is 0 Å². The highest BCUT2D eigenvalue weighted by molar-refractivity contribution is 6.36. The second kappa shape index (κ2) is 8.88. The van der Waals surface area contributed by atoms with Gasteiger partial charge in [-0.1, -0.05) is 52.5 Å². The molecule has 26 heavy (non-hydrogen) atoms. The normalized spacial score (nSPS) is 10.6. The maximum Gasteiger partial charge on any atom is 0.124 e. The van der Waals surface area contributed by atoms with Crippen molar-refractivity contribution in [1.29, 1.82) is 0 Å². The van der Waals surface area contributed by atoms with Crippen molar-refractivity contribution in [1.82, 2.24) is 0 Å². The molecule has 6 heteroatoms. The summed E-state index contributed by atoms with van der Waals surface area (Å²) in [5.41, 5.74) is 2.63. The average molecular weight is 427 g/mol. The number of halogens is 4. The van der Waals surface area contributed by atoms with Gasteiger partial charge >= 0.3 is 0 Å². The van der Waals surface area contributed by atoms with Gasteiger partial charge in [-0.25, -0.2) is 0 Å². The zero-order chi connectivity index (χ0) is 18.5. The molecule has 3 rings (SSSR count). The monoisotopic (exact) mass is 425 g/mol. The van der Waals surface area contributed by atoms with Crippen molar-refractivity contribution in [2.75, 3.05) is 5.32 Å². The van der Waals surface area contributed by atoms with E-state index in [0.29, 0.717) is 32.4 Å². The topological polar surface area (TPSA) is 21.3 Å². The molecular weight excluding hydrogens is 412 g/mol. The Bertz CT molecular complexity index is 877. The molecule has 0 atom stereocenters. The smallest absolute Gasteiger partial charge is 0.124 e. The van der Waals surface area contributed by atoms with Crippen LogP contribution in [-0.4, -0.2) is 0 Å². The van der Waals surface area contributed by atoms with E-state index in [2.05, 4.69) is 5.32 Å². The van der Waals surface area contributed by atoms with Crippen molar-refractivity contribution >= 4 is 52.1 Å². The van der Waals surface area contributed by atoms with Crippen molar-refractivity contribution in [2.45, 2.75) is 13.2 Å². The molecule has 0 amide bonds. The molecule has 0 aliphatic heterocycles. The van der Waals surface area contributed by atoms with Crippen LogP contribution in [0.15, 0.2) is 60.7 Å². The lowest BCUT2D eigenvalue weighted by atomic mass is 10.2. The number of hydrogen-bond donors (Lipinski definition) is 1. The number of nitrogens with one attached hydrogen (secondary N) is 1. The van der Waals surface area contributed by atoms with Crippen LogP contribution in [0.1, 0.15) is 11.1 Å². The van der Waals surface area contributed by atoms with Crippen molar-refractivity contribution in [2.24, 2.45) is 0 Å². The van der Waals surface area contributed by atoms with Gasteiger partial charge in [0.1, 0.15) is 12.4 Å². The molecule has 0 unspecified atom stereocenters. The van der Waals surface area contributed by atoms with Crippen LogP contribution in [0.4, 0.5) is 5.69 Å². The molecule has 2 nitrogen and oxygen atoms in total. The molecule has 0 saturated carbocycles. The largest absolute Gasteiger partial charge is 0.488 e. The lowest BCUT2D eigenvalue weighted by Gasteiger charge is -2.15. The maximum absolute atomic E-state index is 6.21. The highest BCUT2D eigenvalue weighted by atomic mass is 35.5. The third kappa shape index (κ3) is 4.99. The summed E-state index contributed by atoms with van der Waals surface area (Å²) in [6.45, 7) is 0.821. The predicted molar refractivity (Wildman–Crippen MR) is 111 cm³/mol. The van der Waals surface area contributed by atoms with Gasteiger partial charge in [-0.3, -0.25) is 0 Å². The number of benzene rings is 3. The van der Waals surface area contributed by atoms with Crippen LogP contribution in [-0.2, 0) is 13.2 Å². The van der Waals surface area contributed by atoms with Crippen LogP contribution in [0.3, 0.4) is 0 Å².